The number of pyridine rings is 1. The van der Waals surface area contributed by atoms with E-state index in [9.17, 15) is 14.7 Å². The highest BCUT2D eigenvalue weighted by atomic mass is 16.3. The second-order valence-electron chi connectivity index (χ2n) is 10.2. The van der Waals surface area contributed by atoms with Crippen molar-refractivity contribution in [3.63, 3.8) is 0 Å². The number of carbonyl (C=O) groups excluding carboxylic acids is 2. The monoisotopic (exact) mass is 551 g/mol. The Bertz CT molecular complexity index is 1690. The van der Waals surface area contributed by atoms with Gasteiger partial charge in [-0.3, -0.25) is 19.5 Å². The maximum absolute atomic E-state index is 14.1. The highest BCUT2D eigenvalue weighted by molar-refractivity contribution is 6.02. The van der Waals surface area contributed by atoms with Crippen LogP contribution in [0.5, 0.6) is 5.75 Å². The van der Waals surface area contributed by atoms with Crippen molar-refractivity contribution in [3.05, 3.63) is 84.3 Å². The van der Waals surface area contributed by atoms with E-state index in [-0.39, 0.29) is 30.1 Å². The van der Waals surface area contributed by atoms with Crippen LogP contribution in [0.4, 0.5) is 5.69 Å². The molecule has 3 heterocycles. The lowest BCUT2D eigenvalue weighted by Gasteiger charge is -2.32. The van der Waals surface area contributed by atoms with Gasteiger partial charge in [0.05, 0.1) is 17.4 Å². The van der Waals surface area contributed by atoms with Crippen molar-refractivity contribution in [2.45, 2.75) is 51.2 Å². The molecule has 2 N–H and O–H groups in total. The van der Waals surface area contributed by atoms with Crippen LogP contribution in [0.25, 0.3) is 22.5 Å². The molecule has 208 valence electrons. The number of carbonyl (C=O) groups is 2. The summed E-state index contributed by atoms with van der Waals surface area (Å²) in [7, 11) is 0. The molecule has 11 heteroatoms. The van der Waals surface area contributed by atoms with E-state index in [4.69, 9.17) is 4.42 Å². The van der Waals surface area contributed by atoms with Gasteiger partial charge in [-0.2, -0.15) is 4.80 Å². The SMILES string of the molecule is Cc1ccc(-c2nnn(CC(=O)N(c3cnc4ccccc4c3)[C@H](C(=O)NC3CCCC3)c3ccc(O)cc3)n2)o1. The Kier molecular flexibility index (Phi) is 7.15. The Morgan fingerprint density at radius 1 is 1.10 bits per heavy atom. The largest absolute Gasteiger partial charge is 0.508 e. The molecule has 1 fully saturated rings. The van der Waals surface area contributed by atoms with E-state index in [1.807, 2.05) is 37.3 Å². The van der Waals surface area contributed by atoms with Crippen LogP contribution in [0.1, 0.15) is 43.0 Å². The van der Waals surface area contributed by atoms with Crippen molar-refractivity contribution >= 4 is 28.4 Å². The minimum Gasteiger partial charge on any atom is -0.508 e. The summed E-state index contributed by atoms with van der Waals surface area (Å²) >= 11 is 0. The zero-order valence-electron chi connectivity index (χ0n) is 22.5. The third-order valence-electron chi connectivity index (χ3n) is 7.23. The van der Waals surface area contributed by atoms with Gasteiger partial charge in [0.2, 0.25) is 11.7 Å². The van der Waals surface area contributed by atoms with Gasteiger partial charge >= 0.3 is 0 Å². The van der Waals surface area contributed by atoms with E-state index >= 15 is 0 Å². The first-order valence-corrected chi connectivity index (χ1v) is 13.6. The number of nitrogens with zero attached hydrogens (tertiary/aromatic N) is 6. The topological polar surface area (TPSA) is 139 Å². The lowest BCUT2D eigenvalue weighted by atomic mass is 10.0. The fourth-order valence-electron chi connectivity index (χ4n) is 5.21. The van der Waals surface area contributed by atoms with Crippen LogP contribution in [-0.2, 0) is 16.1 Å². The molecule has 11 nitrogen and oxygen atoms in total. The number of aromatic nitrogens is 5. The number of para-hydroxylation sites is 1. The summed E-state index contributed by atoms with van der Waals surface area (Å²) in [6.07, 6.45) is 5.44. The molecule has 1 saturated carbocycles. The number of furan rings is 1. The van der Waals surface area contributed by atoms with E-state index in [0.717, 1.165) is 36.6 Å². The molecule has 0 radical (unpaired) electrons. The molecule has 3 aromatic heterocycles. The van der Waals surface area contributed by atoms with Crippen LogP contribution < -0.4 is 10.2 Å². The van der Waals surface area contributed by atoms with Gasteiger partial charge in [-0.15, -0.1) is 10.2 Å². The van der Waals surface area contributed by atoms with E-state index in [1.54, 1.807) is 30.5 Å². The Labute approximate surface area is 235 Å². The summed E-state index contributed by atoms with van der Waals surface area (Å²) in [5, 5.41) is 26.4. The number of aryl methyl sites for hydroxylation is 1. The van der Waals surface area contributed by atoms with Crippen LogP contribution in [0.2, 0.25) is 0 Å². The molecule has 1 aliphatic carbocycles. The maximum Gasteiger partial charge on any atom is 0.251 e. The van der Waals surface area contributed by atoms with Crippen LogP contribution in [-0.4, -0.2) is 48.2 Å². The number of tetrazole rings is 1. The number of phenols is 1. The van der Waals surface area contributed by atoms with Gasteiger partial charge in [0, 0.05) is 11.4 Å². The number of fused-ring (bicyclic) bond motifs is 1. The number of phenolic OH excluding ortho intramolecular Hbond substituents is 1. The van der Waals surface area contributed by atoms with Gasteiger partial charge in [0.1, 0.15) is 24.1 Å². The van der Waals surface area contributed by atoms with Crippen molar-refractivity contribution in [1.29, 1.82) is 0 Å². The number of benzene rings is 2. The van der Waals surface area contributed by atoms with Gasteiger partial charge in [-0.25, -0.2) is 0 Å². The lowest BCUT2D eigenvalue weighted by Crippen LogP contribution is -2.47. The van der Waals surface area contributed by atoms with Crippen molar-refractivity contribution in [3.8, 4) is 17.3 Å². The van der Waals surface area contributed by atoms with Crippen LogP contribution in [0, 0.1) is 6.92 Å². The van der Waals surface area contributed by atoms with Gasteiger partial charge in [-0.05, 0) is 66.9 Å². The minimum atomic E-state index is -1.04. The van der Waals surface area contributed by atoms with E-state index < -0.39 is 11.9 Å². The summed E-state index contributed by atoms with van der Waals surface area (Å²) in [5.41, 5.74) is 1.74. The number of nitrogens with one attached hydrogen (secondary N) is 1. The first-order chi connectivity index (χ1) is 19.9. The van der Waals surface area contributed by atoms with Gasteiger partial charge in [0.25, 0.3) is 5.91 Å². The van der Waals surface area contributed by atoms with E-state index in [0.29, 0.717) is 22.8 Å². The average Bonchev–Trinajstić information content (AvgIpc) is 3.75. The molecule has 0 aliphatic heterocycles. The molecule has 1 atom stereocenters. The van der Waals surface area contributed by atoms with Gasteiger partial charge in [-0.1, -0.05) is 43.2 Å². The van der Waals surface area contributed by atoms with Crippen LogP contribution >= 0.6 is 0 Å². The maximum atomic E-state index is 14.1. The summed E-state index contributed by atoms with van der Waals surface area (Å²) in [5.74, 6) is 0.686. The molecule has 41 heavy (non-hydrogen) atoms. The molecular formula is C30H29N7O4. The van der Waals surface area contributed by atoms with Crippen LogP contribution in [0.15, 0.2) is 77.3 Å². The van der Waals surface area contributed by atoms with Crippen LogP contribution in [0.3, 0.4) is 0 Å². The molecule has 0 bridgehead atoms. The van der Waals surface area contributed by atoms with E-state index in [1.165, 1.54) is 21.8 Å². The quantitative estimate of drug-likeness (QED) is 0.291. The first-order valence-electron chi connectivity index (χ1n) is 13.6. The standard InChI is InChI=1S/C30H29N7O4/c1-19-10-15-26(41-19)29-33-35-36(34-29)18-27(39)37(23-16-21-6-2-5-9-25(21)31-17-23)28(20-11-13-24(38)14-12-20)30(40)32-22-7-3-4-8-22/h2,5-6,9-17,22,28,38H,3-4,7-8,18H2,1H3,(H,32,40)/t28-/m0/s1. The first kappa shape index (κ1) is 26.2. The van der Waals surface area contributed by atoms with Crippen molar-refractivity contribution < 1.29 is 19.1 Å². The summed E-state index contributed by atoms with van der Waals surface area (Å²) in [4.78, 5) is 35.3. The zero-order chi connectivity index (χ0) is 28.3. The smallest absolute Gasteiger partial charge is 0.251 e. The van der Waals surface area contributed by atoms with E-state index in [2.05, 4.69) is 25.7 Å². The highest BCUT2D eigenvalue weighted by Crippen LogP contribution is 2.32. The Hall–Kier alpha value is -5.06. The zero-order valence-corrected chi connectivity index (χ0v) is 22.5. The third kappa shape index (κ3) is 5.65. The molecule has 5 aromatic rings. The normalized spacial score (nSPS) is 14.3. The fraction of sp³-hybridized carbons (Fsp3) is 0.267. The number of hydrogen-bond donors (Lipinski definition) is 2. The Morgan fingerprint density at radius 3 is 2.63 bits per heavy atom. The number of amides is 2. The number of anilines is 1. The molecule has 2 amide bonds. The van der Waals surface area contributed by atoms with Gasteiger partial charge in [0.15, 0.2) is 5.76 Å². The molecule has 0 spiro atoms. The summed E-state index contributed by atoms with van der Waals surface area (Å²) in [6.45, 7) is 1.53. The van der Waals surface area contributed by atoms with Crippen molar-refractivity contribution in [2.24, 2.45) is 0 Å². The molecular weight excluding hydrogens is 522 g/mol. The second-order valence-corrected chi connectivity index (χ2v) is 10.2. The third-order valence-corrected chi connectivity index (χ3v) is 7.23. The predicted octanol–water partition coefficient (Wildman–Crippen LogP) is 4.33. The summed E-state index contributed by atoms with van der Waals surface area (Å²) < 4.78 is 5.59. The minimum absolute atomic E-state index is 0.0325. The predicted molar refractivity (Wildman–Crippen MR) is 151 cm³/mol. The molecule has 0 saturated heterocycles. The summed E-state index contributed by atoms with van der Waals surface area (Å²) in [6, 6.07) is 18.2. The molecule has 0 unspecified atom stereocenters. The second kappa shape index (κ2) is 11.2. The Balaban J connectivity index is 1.40. The molecule has 1 aliphatic rings. The molecule has 2 aromatic carbocycles. The lowest BCUT2D eigenvalue weighted by molar-refractivity contribution is -0.127. The Morgan fingerprint density at radius 2 is 1.88 bits per heavy atom. The number of aromatic hydroxyl groups is 1. The highest BCUT2D eigenvalue weighted by Gasteiger charge is 2.35. The van der Waals surface area contributed by atoms with Crippen molar-refractivity contribution in [2.75, 3.05) is 4.90 Å². The number of rotatable bonds is 8. The van der Waals surface area contributed by atoms with Gasteiger partial charge < -0.3 is 14.8 Å². The average molecular weight is 552 g/mol. The van der Waals surface area contributed by atoms with Crippen molar-refractivity contribution in [1.82, 2.24) is 30.5 Å². The molecule has 6 rings (SSSR count). The number of hydrogen-bond acceptors (Lipinski definition) is 8. The fourth-order valence-corrected chi connectivity index (χ4v) is 5.21.